The molecule has 1 aliphatic rings. The first-order valence-electron chi connectivity index (χ1n) is 12.4. The summed E-state index contributed by atoms with van der Waals surface area (Å²) in [7, 11) is 0. The van der Waals surface area contributed by atoms with Crippen molar-refractivity contribution in [3.05, 3.63) is 28.8 Å². The van der Waals surface area contributed by atoms with Gasteiger partial charge in [-0.2, -0.15) is 5.26 Å². The zero-order valence-corrected chi connectivity index (χ0v) is 19.8. The van der Waals surface area contributed by atoms with E-state index in [9.17, 15) is 15.2 Å². The number of aliphatic carboxylic acids is 1. The van der Waals surface area contributed by atoms with Crippen LogP contribution >= 0.6 is 0 Å². The summed E-state index contributed by atoms with van der Waals surface area (Å²) < 4.78 is 11.5. The van der Waals surface area contributed by atoms with Crippen LogP contribution in [-0.2, 0) is 4.79 Å². The minimum atomic E-state index is -1.21. The molecule has 0 bridgehead atoms. The van der Waals surface area contributed by atoms with Crippen molar-refractivity contribution >= 4 is 12.0 Å². The summed E-state index contributed by atoms with van der Waals surface area (Å²) in [5.74, 6) is 0.496. The Hall–Kier alpha value is -2.48. The molecule has 1 heterocycles. The van der Waals surface area contributed by atoms with Crippen LogP contribution in [0.1, 0.15) is 114 Å². The molecule has 1 N–H and O–H groups in total. The lowest BCUT2D eigenvalue weighted by molar-refractivity contribution is -0.132. The Morgan fingerprint density at radius 3 is 2.19 bits per heavy atom. The molecule has 2 rings (SSSR count). The standard InChI is InChI=1S/C27H39NO4/c1-3-5-7-9-10-11-13-15-21(14-12-8-6-4-2)25-22(18-23(19-28)27(29)30)16-17-24-26(25)32-20-31-24/h16-18,21H,3-15,20H2,1-2H3,(H,29,30)/b23-18+. The summed E-state index contributed by atoms with van der Waals surface area (Å²) in [5, 5.41) is 18.7. The van der Waals surface area contributed by atoms with Gasteiger partial charge in [-0.15, -0.1) is 0 Å². The number of unbranched alkanes of at least 4 members (excludes halogenated alkanes) is 9. The Kier molecular flexibility index (Phi) is 11.7. The Labute approximate surface area is 193 Å². The number of ether oxygens (including phenoxy) is 2. The van der Waals surface area contributed by atoms with Crippen molar-refractivity contribution in [2.75, 3.05) is 6.79 Å². The number of fused-ring (bicyclic) bond motifs is 1. The maximum absolute atomic E-state index is 11.5. The molecule has 1 aromatic carbocycles. The summed E-state index contributed by atoms with van der Waals surface area (Å²) >= 11 is 0. The predicted octanol–water partition coefficient (Wildman–Crippen LogP) is 7.60. The molecule has 0 saturated heterocycles. The van der Waals surface area contributed by atoms with Crippen LogP contribution in [0.4, 0.5) is 0 Å². The molecule has 1 aliphatic heterocycles. The van der Waals surface area contributed by atoms with Crippen LogP contribution in [0.25, 0.3) is 6.08 Å². The minimum absolute atomic E-state index is 0.180. The van der Waals surface area contributed by atoms with E-state index in [1.807, 2.05) is 18.2 Å². The zero-order chi connectivity index (χ0) is 23.2. The summed E-state index contributed by atoms with van der Waals surface area (Å²) in [6.07, 6.45) is 17.1. The molecule has 176 valence electrons. The maximum Gasteiger partial charge on any atom is 0.346 e. The van der Waals surface area contributed by atoms with E-state index >= 15 is 0 Å². The molecule has 1 aromatic rings. The van der Waals surface area contributed by atoms with Crippen molar-refractivity contribution in [3.63, 3.8) is 0 Å². The van der Waals surface area contributed by atoms with E-state index in [1.54, 1.807) is 0 Å². The van der Waals surface area contributed by atoms with E-state index in [1.165, 1.54) is 63.9 Å². The van der Waals surface area contributed by atoms with Gasteiger partial charge in [-0.05, 0) is 36.5 Å². The second kappa shape index (κ2) is 14.6. The lowest BCUT2D eigenvalue weighted by atomic mass is 9.84. The van der Waals surface area contributed by atoms with Gasteiger partial charge in [0.1, 0.15) is 11.6 Å². The highest BCUT2D eigenvalue weighted by molar-refractivity contribution is 5.96. The normalized spacial score (nSPS) is 13.7. The zero-order valence-electron chi connectivity index (χ0n) is 19.8. The van der Waals surface area contributed by atoms with Crippen LogP contribution in [0.15, 0.2) is 17.7 Å². The van der Waals surface area contributed by atoms with E-state index in [2.05, 4.69) is 13.8 Å². The number of rotatable bonds is 16. The Morgan fingerprint density at radius 2 is 1.59 bits per heavy atom. The molecule has 0 aromatic heterocycles. The molecule has 0 radical (unpaired) electrons. The van der Waals surface area contributed by atoms with Crippen LogP contribution < -0.4 is 9.47 Å². The minimum Gasteiger partial charge on any atom is -0.477 e. The molecule has 1 atom stereocenters. The summed E-state index contributed by atoms with van der Waals surface area (Å²) in [5.41, 5.74) is 1.51. The number of benzene rings is 1. The number of nitriles is 1. The summed E-state index contributed by atoms with van der Waals surface area (Å²) in [6.45, 7) is 4.63. The average molecular weight is 442 g/mol. The first-order valence-corrected chi connectivity index (χ1v) is 12.4. The van der Waals surface area contributed by atoms with Crippen molar-refractivity contribution in [3.8, 4) is 17.6 Å². The lowest BCUT2D eigenvalue weighted by Crippen LogP contribution is -2.06. The van der Waals surface area contributed by atoms with Crippen molar-refractivity contribution in [1.29, 1.82) is 5.26 Å². The molecule has 5 nitrogen and oxygen atoms in total. The highest BCUT2D eigenvalue weighted by Crippen LogP contribution is 2.45. The van der Waals surface area contributed by atoms with E-state index in [4.69, 9.17) is 9.47 Å². The number of nitrogens with zero attached hydrogens (tertiary/aromatic N) is 1. The van der Waals surface area contributed by atoms with Crippen LogP contribution in [0.3, 0.4) is 0 Å². The van der Waals surface area contributed by atoms with Crippen LogP contribution in [-0.4, -0.2) is 17.9 Å². The smallest absolute Gasteiger partial charge is 0.346 e. The summed E-state index contributed by atoms with van der Waals surface area (Å²) in [6, 6.07) is 5.49. The highest BCUT2D eigenvalue weighted by Gasteiger charge is 2.26. The van der Waals surface area contributed by atoms with Crippen LogP contribution in [0.2, 0.25) is 0 Å². The van der Waals surface area contributed by atoms with Crippen molar-refractivity contribution < 1.29 is 19.4 Å². The second-order valence-electron chi connectivity index (χ2n) is 8.73. The second-order valence-corrected chi connectivity index (χ2v) is 8.73. The van der Waals surface area contributed by atoms with Gasteiger partial charge in [0.2, 0.25) is 6.79 Å². The van der Waals surface area contributed by atoms with Crippen LogP contribution in [0, 0.1) is 11.3 Å². The van der Waals surface area contributed by atoms with Gasteiger partial charge < -0.3 is 14.6 Å². The molecule has 32 heavy (non-hydrogen) atoms. The fourth-order valence-corrected chi connectivity index (χ4v) is 4.45. The van der Waals surface area contributed by atoms with Crippen molar-refractivity contribution in [1.82, 2.24) is 0 Å². The van der Waals surface area contributed by atoms with Crippen molar-refractivity contribution in [2.45, 2.75) is 103 Å². The molecule has 0 aliphatic carbocycles. The van der Waals surface area contributed by atoms with Gasteiger partial charge >= 0.3 is 5.97 Å². The third kappa shape index (κ3) is 7.89. The summed E-state index contributed by atoms with van der Waals surface area (Å²) in [4.78, 5) is 11.5. The quantitative estimate of drug-likeness (QED) is 0.162. The average Bonchev–Trinajstić information content (AvgIpc) is 3.27. The topological polar surface area (TPSA) is 79.6 Å². The van der Waals surface area contributed by atoms with Gasteiger partial charge in [0.25, 0.3) is 0 Å². The van der Waals surface area contributed by atoms with Gasteiger partial charge in [-0.25, -0.2) is 4.79 Å². The van der Waals surface area contributed by atoms with Gasteiger partial charge in [0.05, 0.1) is 0 Å². The number of carboxylic acid groups (broad SMARTS) is 1. The Morgan fingerprint density at radius 1 is 1.00 bits per heavy atom. The van der Waals surface area contributed by atoms with Gasteiger partial charge in [-0.1, -0.05) is 90.5 Å². The predicted molar refractivity (Wildman–Crippen MR) is 128 cm³/mol. The number of hydrogen-bond donors (Lipinski definition) is 1. The van der Waals surface area contributed by atoms with E-state index in [0.717, 1.165) is 42.6 Å². The molecule has 0 spiro atoms. The van der Waals surface area contributed by atoms with Crippen LogP contribution in [0.5, 0.6) is 11.5 Å². The Balaban J connectivity index is 2.24. The number of carbonyl (C=O) groups is 1. The highest BCUT2D eigenvalue weighted by atomic mass is 16.7. The van der Waals surface area contributed by atoms with E-state index in [-0.39, 0.29) is 18.3 Å². The van der Waals surface area contributed by atoms with E-state index < -0.39 is 5.97 Å². The first-order chi connectivity index (χ1) is 15.6. The van der Waals surface area contributed by atoms with Crippen molar-refractivity contribution in [2.24, 2.45) is 0 Å². The fraction of sp³-hybridized carbons (Fsp3) is 0.630. The largest absolute Gasteiger partial charge is 0.477 e. The van der Waals surface area contributed by atoms with E-state index in [0.29, 0.717) is 5.75 Å². The molecule has 0 fully saturated rings. The molecule has 1 unspecified atom stereocenters. The van der Waals surface area contributed by atoms with Gasteiger partial charge in [0, 0.05) is 5.56 Å². The SMILES string of the molecule is CCCCCCCCCC(CCCCCC)c1c(/C=C(\C#N)C(=O)O)ccc2c1OCO2. The maximum atomic E-state index is 11.5. The molecule has 5 heteroatoms. The fourth-order valence-electron chi connectivity index (χ4n) is 4.45. The molecular formula is C27H39NO4. The molecular weight excluding hydrogens is 402 g/mol. The third-order valence-electron chi connectivity index (χ3n) is 6.23. The van der Waals surface area contributed by atoms with Gasteiger partial charge in [-0.3, -0.25) is 0 Å². The number of hydrogen-bond acceptors (Lipinski definition) is 4. The molecule has 0 saturated carbocycles. The van der Waals surface area contributed by atoms with Gasteiger partial charge in [0.15, 0.2) is 11.5 Å². The third-order valence-corrected chi connectivity index (χ3v) is 6.23. The Bertz CT molecular complexity index is 794. The monoisotopic (exact) mass is 441 g/mol. The first kappa shape index (κ1) is 25.8. The number of carboxylic acids is 1. The lowest BCUT2D eigenvalue weighted by Gasteiger charge is -2.22. The molecule has 0 amide bonds.